The van der Waals surface area contributed by atoms with E-state index in [4.69, 9.17) is 9.47 Å². The van der Waals surface area contributed by atoms with Crippen LogP contribution in [0, 0.1) is 0 Å². The van der Waals surface area contributed by atoms with Crippen LogP contribution in [0.25, 0.3) is 10.9 Å². The van der Waals surface area contributed by atoms with E-state index in [1.807, 2.05) is 51.1 Å². The van der Waals surface area contributed by atoms with Gasteiger partial charge in [0.2, 0.25) is 0 Å². The van der Waals surface area contributed by atoms with E-state index in [0.29, 0.717) is 18.7 Å². The number of rotatable bonds is 1. The highest BCUT2D eigenvalue weighted by Crippen LogP contribution is 2.32. The predicted molar refractivity (Wildman–Crippen MR) is 81.9 cm³/mol. The van der Waals surface area contributed by atoms with E-state index in [9.17, 15) is 9.59 Å². The molecule has 1 aromatic heterocycles. The van der Waals surface area contributed by atoms with Gasteiger partial charge in [0.25, 0.3) is 0 Å². The van der Waals surface area contributed by atoms with Crippen molar-refractivity contribution in [2.75, 3.05) is 6.61 Å². The van der Waals surface area contributed by atoms with Crippen LogP contribution < -0.4 is 0 Å². The Balaban J connectivity index is 2.13. The second kappa shape index (κ2) is 5.16. The lowest BCUT2D eigenvalue weighted by atomic mass is 10.0. The summed E-state index contributed by atoms with van der Waals surface area (Å²) in [5.74, 6) is -0.701. The van der Waals surface area contributed by atoms with Gasteiger partial charge in [-0.3, -0.25) is 4.79 Å². The van der Waals surface area contributed by atoms with E-state index in [-0.39, 0.29) is 5.97 Å². The van der Waals surface area contributed by atoms with Gasteiger partial charge in [0.15, 0.2) is 0 Å². The molecule has 0 radical (unpaired) electrons. The third-order valence-electron chi connectivity index (χ3n) is 3.61. The molecule has 1 aliphatic rings. The number of cyclic esters (lactones) is 1. The topological polar surface area (TPSA) is 57.5 Å². The number of aromatic nitrogens is 1. The first-order valence-corrected chi connectivity index (χ1v) is 7.37. The van der Waals surface area contributed by atoms with Crippen LogP contribution >= 0.6 is 0 Å². The first-order chi connectivity index (χ1) is 10.4. The van der Waals surface area contributed by atoms with Gasteiger partial charge < -0.3 is 9.47 Å². The maximum Gasteiger partial charge on any atom is 0.419 e. The summed E-state index contributed by atoms with van der Waals surface area (Å²) in [5, 5.41) is 0.906. The number of para-hydroxylation sites is 1. The van der Waals surface area contributed by atoms with Gasteiger partial charge in [-0.1, -0.05) is 18.2 Å². The fourth-order valence-electron chi connectivity index (χ4n) is 2.71. The summed E-state index contributed by atoms with van der Waals surface area (Å²) in [7, 11) is 0. The molecule has 5 nitrogen and oxygen atoms in total. The first kappa shape index (κ1) is 14.6. The number of benzene rings is 1. The molecule has 0 amide bonds. The minimum absolute atomic E-state index is 0.285. The zero-order valence-electron chi connectivity index (χ0n) is 13.0. The van der Waals surface area contributed by atoms with Gasteiger partial charge in [0.05, 0.1) is 12.1 Å². The largest absolute Gasteiger partial charge is 0.465 e. The van der Waals surface area contributed by atoms with Crippen LogP contribution in [0.4, 0.5) is 4.79 Å². The Hall–Kier alpha value is -2.30. The SMILES string of the molecule is CC(C)(C)OC(=O)n1c([C@H]2CCOC2=O)cc2ccccc21. The Morgan fingerprint density at radius 2 is 2.05 bits per heavy atom. The van der Waals surface area contributed by atoms with Gasteiger partial charge in [-0.25, -0.2) is 9.36 Å². The fraction of sp³-hybridized carbons (Fsp3) is 0.412. The summed E-state index contributed by atoms with van der Waals surface area (Å²) in [6.07, 6.45) is 0.112. The number of fused-ring (bicyclic) bond motifs is 1. The van der Waals surface area contributed by atoms with Crippen molar-refractivity contribution in [3.05, 3.63) is 36.0 Å². The van der Waals surface area contributed by atoms with Crippen molar-refractivity contribution in [3.8, 4) is 0 Å². The maximum absolute atomic E-state index is 12.6. The minimum Gasteiger partial charge on any atom is -0.465 e. The summed E-state index contributed by atoms with van der Waals surface area (Å²) in [5.41, 5.74) is 0.778. The van der Waals surface area contributed by atoms with Crippen LogP contribution in [0.15, 0.2) is 30.3 Å². The number of carbonyl (C=O) groups excluding carboxylic acids is 2. The molecule has 0 bridgehead atoms. The molecule has 1 saturated heterocycles. The molecule has 0 saturated carbocycles. The van der Waals surface area contributed by atoms with E-state index in [0.717, 1.165) is 10.9 Å². The summed E-state index contributed by atoms with van der Waals surface area (Å²) in [6, 6.07) is 9.40. The van der Waals surface area contributed by atoms with Crippen molar-refractivity contribution in [2.45, 2.75) is 38.7 Å². The van der Waals surface area contributed by atoms with Crippen LogP contribution in [-0.2, 0) is 14.3 Å². The molecule has 5 heteroatoms. The summed E-state index contributed by atoms with van der Waals surface area (Å²) in [4.78, 5) is 24.5. The monoisotopic (exact) mass is 301 g/mol. The van der Waals surface area contributed by atoms with Gasteiger partial charge in [0.1, 0.15) is 11.5 Å². The summed E-state index contributed by atoms with van der Waals surface area (Å²) >= 11 is 0. The van der Waals surface area contributed by atoms with Crippen molar-refractivity contribution >= 4 is 23.0 Å². The smallest absolute Gasteiger partial charge is 0.419 e. The molecule has 0 aliphatic carbocycles. The van der Waals surface area contributed by atoms with Crippen LogP contribution in [0.3, 0.4) is 0 Å². The van der Waals surface area contributed by atoms with Crippen molar-refractivity contribution < 1.29 is 19.1 Å². The van der Waals surface area contributed by atoms with E-state index >= 15 is 0 Å². The molecule has 2 aromatic rings. The molecule has 3 rings (SSSR count). The fourth-order valence-corrected chi connectivity index (χ4v) is 2.71. The third-order valence-corrected chi connectivity index (χ3v) is 3.61. The van der Waals surface area contributed by atoms with Gasteiger partial charge in [-0.05, 0) is 32.9 Å². The lowest BCUT2D eigenvalue weighted by Crippen LogP contribution is -2.28. The quantitative estimate of drug-likeness (QED) is 0.757. The van der Waals surface area contributed by atoms with E-state index in [1.165, 1.54) is 4.57 Å². The maximum atomic E-state index is 12.6. The van der Waals surface area contributed by atoms with Crippen LogP contribution in [0.2, 0.25) is 0 Å². The molecule has 0 N–H and O–H groups in total. The zero-order valence-corrected chi connectivity index (χ0v) is 13.0. The van der Waals surface area contributed by atoms with Gasteiger partial charge >= 0.3 is 12.1 Å². The Labute approximate surface area is 128 Å². The molecule has 1 fully saturated rings. The Morgan fingerprint density at radius 3 is 2.68 bits per heavy atom. The van der Waals surface area contributed by atoms with E-state index in [2.05, 4.69) is 0 Å². The highest BCUT2D eigenvalue weighted by molar-refractivity contribution is 5.93. The van der Waals surface area contributed by atoms with Crippen LogP contribution in [0.1, 0.15) is 38.8 Å². The lowest BCUT2D eigenvalue weighted by molar-refractivity contribution is -0.139. The average molecular weight is 301 g/mol. The molecule has 2 heterocycles. The third kappa shape index (κ3) is 2.58. The van der Waals surface area contributed by atoms with Gasteiger partial charge in [-0.15, -0.1) is 0 Å². The first-order valence-electron chi connectivity index (χ1n) is 7.37. The van der Waals surface area contributed by atoms with Crippen LogP contribution in [-0.4, -0.2) is 28.8 Å². The molecule has 1 aromatic carbocycles. The Kier molecular flexibility index (Phi) is 3.43. The van der Waals surface area contributed by atoms with E-state index in [1.54, 1.807) is 0 Å². The van der Waals surface area contributed by atoms with E-state index < -0.39 is 17.6 Å². The highest BCUT2D eigenvalue weighted by Gasteiger charge is 2.34. The van der Waals surface area contributed by atoms with Crippen molar-refractivity contribution in [1.29, 1.82) is 0 Å². The Bertz CT molecular complexity index is 739. The number of nitrogens with zero attached hydrogens (tertiary/aromatic N) is 1. The molecular weight excluding hydrogens is 282 g/mol. The predicted octanol–water partition coefficient (Wildman–Crippen LogP) is 3.46. The number of hydrogen-bond acceptors (Lipinski definition) is 4. The normalized spacial score (nSPS) is 18.5. The molecular formula is C17H19NO4. The molecule has 22 heavy (non-hydrogen) atoms. The number of ether oxygens (including phenoxy) is 2. The minimum atomic E-state index is -0.601. The molecule has 0 spiro atoms. The van der Waals surface area contributed by atoms with Crippen molar-refractivity contribution in [3.63, 3.8) is 0 Å². The zero-order chi connectivity index (χ0) is 15.9. The number of esters is 1. The van der Waals surface area contributed by atoms with Gasteiger partial charge in [-0.2, -0.15) is 0 Å². The second-order valence-electron chi connectivity index (χ2n) is 6.45. The molecule has 1 atom stereocenters. The van der Waals surface area contributed by atoms with Crippen LogP contribution in [0.5, 0.6) is 0 Å². The van der Waals surface area contributed by atoms with Crippen molar-refractivity contribution in [1.82, 2.24) is 4.57 Å². The average Bonchev–Trinajstić information content (AvgIpc) is 2.99. The summed E-state index contributed by atoms with van der Waals surface area (Å²) in [6.45, 7) is 5.85. The van der Waals surface area contributed by atoms with Crippen molar-refractivity contribution in [2.24, 2.45) is 0 Å². The summed E-state index contributed by atoms with van der Waals surface area (Å²) < 4.78 is 12.0. The number of hydrogen-bond donors (Lipinski definition) is 0. The highest BCUT2D eigenvalue weighted by atomic mass is 16.6. The lowest BCUT2D eigenvalue weighted by Gasteiger charge is -2.21. The molecule has 0 unspecified atom stereocenters. The standard InChI is InChI=1S/C17H19NO4/c1-17(2,3)22-16(20)18-13-7-5-4-6-11(13)10-14(18)12-8-9-21-15(12)19/h4-7,10,12H,8-9H2,1-3H3/t12-/m1/s1. The Morgan fingerprint density at radius 1 is 1.32 bits per heavy atom. The number of carbonyl (C=O) groups is 2. The molecule has 116 valence electrons. The van der Waals surface area contributed by atoms with Gasteiger partial charge in [0, 0.05) is 17.5 Å². The second-order valence-corrected chi connectivity index (χ2v) is 6.45. The molecule has 1 aliphatic heterocycles.